The van der Waals surface area contributed by atoms with Crippen LogP contribution in [0.15, 0.2) is 77.7 Å². The van der Waals surface area contributed by atoms with Crippen molar-refractivity contribution in [2.24, 2.45) is 0 Å². The summed E-state index contributed by atoms with van der Waals surface area (Å²) >= 11 is 0. The molecule has 1 aromatic heterocycles. The average molecular weight is 432 g/mol. The van der Waals surface area contributed by atoms with Gasteiger partial charge in [0.1, 0.15) is 0 Å². The summed E-state index contributed by atoms with van der Waals surface area (Å²) in [5.74, 6) is -0.209. The Bertz CT molecular complexity index is 1130. The van der Waals surface area contributed by atoms with Gasteiger partial charge in [-0.25, -0.2) is 0 Å². The van der Waals surface area contributed by atoms with Crippen LogP contribution in [0.25, 0.3) is 11.1 Å². The molecule has 4 rings (SSSR count). The normalized spacial score (nSPS) is 16.0. The SMILES string of the molecule is CN1CCC(O)(Cn2cc(C(=O)N(C)c3ccccc3)c(-c3ccccc3)cc2=O)CC1. The number of nitrogens with zero attached hydrogens (tertiary/aromatic N) is 3. The van der Waals surface area contributed by atoms with Crippen molar-refractivity contribution >= 4 is 11.6 Å². The fourth-order valence-electron chi connectivity index (χ4n) is 4.18. The van der Waals surface area contributed by atoms with Gasteiger partial charge in [0, 0.05) is 43.7 Å². The fourth-order valence-corrected chi connectivity index (χ4v) is 4.18. The van der Waals surface area contributed by atoms with Crippen molar-refractivity contribution in [3.8, 4) is 11.1 Å². The van der Waals surface area contributed by atoms with Crippen LogP contribution in [-0.4, -0.2) is 53.3 Å². The summed E-state index contributed by atoms with van der Waals surface area (Å²) in [7, 11) is 3.75. The van der Waals surface area contributed by atoms with Gasteiger partial charge in [0.15, 0.2) is 0 Å². The number of benzene rings is 2. The highest BCUT2D eigenvalue weighted by atomic mass is 16.3. The molecule has 0 spiro atoms. The van der Waals surface area contributed by atoms with Crippen molar-refractivity contribution in [1.82, 2.24) is 9.47 Å². The van der Waals surface area contributed by atoms with E-state index in [0.29, 0.717) is 24.0 Å². The molecular weight excluding hydrogens is 402 g/mol. The summed E-state index contributed by atoms with van der Waals surface area (Å²) in [4.78, 5) is 30.3. The first-order valence-electron chi connectivity index (χ1n) is 10.9. The lowest BCUT2D eigenvalue weighted by Gasteiger charge is -2.37. The number of piperidine rings is 1. The van der Waals surface area contributed by atoms with Crippen LogP contribution < -0.4 is 10.5 Å². The predicted molar refractivity (Wildman–Crippen MR) is 127 cm³/mol. The average Bonchev–Trinajstić information content (AvgIpc) is 2.82. The van der Waals surface area contributed by atoms with Gasteiger partial charge >= 0.3 is 0 Å². The van der Waals surface area contributed by atoms with Crippen molar-refractivity contribution in [2.45, 2.75) is 25.0 Å². The van der Waals surface area contributed by atoms with Gasteiger partial charge in [0.05, 0.1) is 17.7 Å². The lowest BCUT2D eigenvalue weighted by atomic mass is 9.91. The van der Waals surface area contributed by atoms with Crippen LogP contribution in [0.1, 0.15) is 23.2 Å². The molecule has 2 heterocycles. The Labute approximate surface area is 188 Å². The molecule has 0 radical (unpaired) electrons. The maximum absolute atomic E-state index is 13.6. The lowest BCUT2D eigenvalue weighted by molar-refractivity contribution is -0.0298. The maximum Gasteiger partial charge on any atom is 0.260 e. The zero-order valence-electron chi connectivity index (χ0n) is 18.6. The molecule has 0 atom stereocenters. The molecule has 0 saturated carbocycles. The first kappa shape index (κ1) is 22.0. The Hall–Kier alpha value is -3.22. The molecule has 0 bridgehead atoms. The van der Waals surface area contributed by atoms with Gasteiger partial charge in [0.2, 0.25) is 0 Å². The molecule has 1 aliphatic heterocycles. The third-order valence-corrected chi connectivity index (χ3v) is 6.27. The zero-order valence-corrected chi connectivity index (χ0v) is 18.6. The number of likely N-dealkylation sites (tertiary alicyclic amines) is 1. The summed E-state index contributed by atoms with van der Waals surface area (Å²) in [6, 6.07) is 20.4. The largest absolute Gasteiger partial charge is 0.388 e. The predicted octanol–water partition coefficient (Wildman–Crippen LogP) is 3.25. The fraction of sp³-hybridized carbons (Fsp3) is 0.308. The number of anilines is 1. The molecular formula is C26H29N3O3. The standard InChI is InChI=1S/C26H29N3O3/c1-27-15-13-26(32,14-16-27)19-29-18-23(25(31)28(2)21-11-7-4-8-12-21)22(17-24(29)30)20-9-5-3-6-10-20/h3-12,17-18,32H,13-16,19H2,1-2H3. The number of amides is 1. The molecule has 0 unspecified atom stereocenters. The number of pyridine rings is 1. The highest BCUT2D eigenvalue weighted by Gasteiger charge is 2.32. The van der Waals surface area contributed by atoms with E-state index in [9.17, 15) is 14.7 Å². The van der Waals surface area contributed by atoms with Crippen LogP contribution in [0.4, 0.5) is 5.69 Å². The van der Waals surface area contributed by atoms with E-state index in [4.69, 9.17) is 0 Å². The first-order valence-corrected chi connectivity index (χ1v) is 10.9. The number of aromatic nitrogens is 1. The molecule has 6 nitrogen and oxygen atoms in total. The highest BCUT2D eigenvalue weighted by Crippen LogP contribution is 2.27. The van der Waals surface area contributed by atoms with Crippen LogP contribution in [0, 0.1) is 0 Å². The van der Waals surface area contributed by atoms with E-state index in [1.54, 1.807) is 18.1 Å². The Balaban J connectivity index is 1.76. The molecule has 1 saturated heterocycles. The monoisotopic (exact) mass is 431 g/mol. The van der Waals surface area contributed by atoms with E-state index in [1.165, 1.54) is 10.6 Å². The Morgan fingerprint density at radius 1 is 1.03 bits per heavy atom. The van der Waals surface area contributed by atoms with E-state index in [-0.39, 0.29) is 18.0 Å². The Morgan fingerprint density at radius 3 is 2.25 bits per heavy atom. The number of rotatable bonds is 5. The number of para-hydroxylation sites is 1. The minimum absolute atomic E-state index is 0.171. The second-order valence-electron chi connectivity index (χ2n) is 8.66. The summed E-state index contributed by atoms with van der Waals surface area (Å²) in [6.07, 6.45) is 2.79. The van der Waals surface area contributed by atoms with Crippen molar-refractivity contribution in [3.05, 3.63) is 88.8 Å². The molecule has 1 N–H and O–H groups in total. The molecule has 32 heavy (non-hydrogen) atoms. The molecule has 1 aliphatic rings. The van der Waals surface area contributed by atoms with Crippen LogP contribution in [0.2, 0.25) is 0 Å². The first-order chi connectivity index (χ1) is 15.4. The van der Waals surface area contributed by atoms with Crippen LogP contribution in [0.5, 0.6) is 0 Å². The Kier molecular flexibility index (Phi) is 6.26. The topological polar surface area (TPSA) is 65.8 Å². The van der Waals surface area contributed by atoms with Crippen molar-refractivity contribution in [3.63, 3.8) is 0 Å². The van der Waals surface area contributed by atoms with Gasteiger partial charge in [0.25, 0.3) is 11.5 Å². The quantitative estimate of drug-likeness (QED) is 0.674. The third kappa shape index (κ3) is 4.66. The number of hydrogen-bond donors (Lipinski definition) is 1. The minimum atomic E-state index is -0.962. The second-order valence-corrected chi connectivity index (χ2v) is 8.66. The molecule has 1 fully saturated rings. The maximum atomic E-state index is 13.6. The molecule has 1 amide bonds. The van der Waals surface area contributed by atoms with Gasteiger partial charge < -0.3 is 19.5 Å². The second kappa shape index (κ2) is 9.10. The summed E-state index contributed by atoms with van der Waals surface area (Å²) in [6.45, 7) is 1.72. The molecule has 6 heteroatoms. The molecule has 166 valence electrons. The summed E-state index contributed by atoms with van der Waals surface area (Å²) < 4.78 is 1.49. The smallest absolute Gasteiger partial charge is 0.260 e. The summed E-state index contributed by atoms with van der Waals surface area (Å²) in [5.41, 5.74) is 1.41. The van der Waals surface area contributed by atoms with Crippen molar-refractivity contribution < 1.29 is 9.90 Å². The molecule has 2 aromatic carbocycles. The zero-order chi connectivity index (χ0) is 22.7. The summed E-state index contributed by atoms with van der Waals surface area (Å²) in [5, 5.41) is 11.1. The van der Waals surface area contributed by atoms with E-state index in [0.717, 1.165) is 24.3 Å². The van der Waals surface area contributed by atoms with Gasteiger partial charge in [-0.15, -0.1) is 0 Å². The lowest BCUT2D eigenvalue weighted by Crippen LogP contribution is -2.47. The molecule has 0 aliphatic carbocycles. The number of hydrogen-bond acceptors (Lipinski definition) is 4. The molecule has 3 aromatic rings. The third-order valence-electron chi connectivity index (χ3n) is 6.27. The highest BCUT2D eigenvalue weighted by molar-refractivity contribution is 6.09. The van der Waals surface area contributed by atoms with E-state index in [2.05, 4.69) is 4.90 Å². The van der Waals surface area contributed by atoms with Gasteiger partial charge in [-0.3, -0.25) is 9.59 Å². The van der Waals surface area contributed by atoms with Gasteiger partial charge in [-0.2, -0.15) is 0 Å². The number of carbonyl (C=O) groups excluding carboxylic acids is 1. The van der Waals surface area contributed by atoms with Crippen LogP contribution >= 0.6 is 0 Å². The van der Waals surface area contributed by atoms with E-state index >= 15 is 0 Å². The van der Waals surface area contributed by atoms with Crippen LogP contribution in [0.3, 0.4) is 0 Å². The van der Waals surface area contributed by atoms with E-state index < -0.39 is 5.60 Å². The van der Waals surface area contributed by atoms with Crippen molar-refractivity contribution in [2.75, 3.05) is 32.1 Å². The Morgan fingerprint density at radius 2 is 1.62 bits per heavy atom. The van der Waals surface area contributed by atoms with E-state index in [1.807, 2.05) is 67.7 Å². The van der Waals surface area contributed by atoms with Crippen molar-refractivity contribution in [1.29, 1.82) is 0 Å². The van der Waals surface area contributed by atoms with Gasteiger partial charge in [-0.05, 0) is 37.6 Å². The number of aliphatic hydroxyl groups is 1. The van der Waals surface area contributed by atoms with Crippen LogP contribution in [-0.2, 0) is 6.54 Å². The van der Waals surface area contributed by atoms with Gasteiger partial charge in [-0.1, -0.05) is 48.5 Å². The minimum Gasteiger partial charge on any atom is -0.388 e. The number of carbonyl (C=O) groups is 1.